The van der Waals surface area contributed by atoms with Crippen molar-refractivity contribution in [1.29, 1.82) is 0 Å². The number of thiazole rings is 1. The summed E-state index contributed by atoms with van der Waals surface area (Å²) in [5, 5.41) is 0.751. The maximum Gasteiger partial charge on any atom is 0.233 e. The van der Waals surface area contributed by atoms with Crippen LogP contribution in [0, 0.1) is 13.8 Å². The molecule has 0 radical (unpaired) electrons. The number of likely N-dealkylation sites (N-methyl/N-ethyl adjacent to an activating group) is 1. The Labute approximate surface area is 174 Å². The second kappa shape index (κ2) is 8.00. The van der Waals surface area contributed by atoms with Crippen LogP contribution in [-0.4, -0.2) is 49.8 Å². The summed E-state index contributed by atoms with van der Waals surface area (Å²) in [6, 6.07) is 9.90. The van der Waals surface area contributed by atoms with Crippen LogP contribution in [0.3, 0.4) is 0 Å². The Morgan fingerprint density at radius 1 is 1.10 bits per heavy atom. The molecule has 1 aliphatic heterocycles. The number of amides is 1. The SMILES string of the molecule is Cc1cc(C)c2sc(N(CCN(C)C)C(=O)Cc3ccc4c(c3)OCO4)nc2c1. The van der Waals surface area contributed by atoms with Gasteiger partial charge in [0.15, 0.2) is 16.6 Å². The van der Waals surface area contributed by atoms with Gasteiger partial charge in [-0.05, 0) is 62.8 Å². The van der Waals surface area contributed by atoms with E-state index >= 15 is 0 Å². The molecule has 1 amide bonds. The first kappa shape index (κ1) is 19.7. The molecule has 0 aliphatic carbocycles. The van der Waals surface area contributed by atoms with Gasteiger partial charge < -0.3 is 14.4 Å². The van der Waals surface area contributed by atoms with Gasteiger partial charge in [0.05, 0.1) is 16.6 Å². The van der Waals surface area contributed by atoms with Gasteiger partial charge in [0, 0.05) is 13.1 Å². The lowest BCUT2D eigenvalue weighted by molar-refractivity contribution is -0.118. The molecule has 2 heterocycles. The smallest absolute Gasteiger partial charge is 0.233 e. The van der Waals surface area contributed by atoms with Crippen molar-refractivity contribution in [3.63, 3.8) is 0 Å². The van der Waals surface area contributed by atoms with Crippen molar-refractivity contribution >= 4 is 32.6 Å². The first-order chi connectivity index (χ1) is 13.9. The van der Waals surface area contributed by atoms with Crippen molar-refractivity contribution < 1.29 is 14.3 Å². The standard InChI is InChI=1S/C22H25N3O3S/c1-14-9-15(2)21-17(10-14)23-22(29-21)25(8-7-24(3)4)20(26)12-16-5-6-18-19(11-16)28-13-27-18/h5-6,9-11H,7-8,12-13H2,1-4H3. The summed E-state index contributed by atoms with van der Waals surface area (Å²) in [6.07, 6.45) is 0.290. The third-order valence-corrected chi connectivity index (χ3v) is 6.13. The summed E-state index contributed by atoms with van der Waals surface area (Å²) < 4.78 is 11.9. The molecule has 29 heavy (non-hydrogen) atoms. The van der Waals surface area contributed by atoms with Gasteiger partial charge in [-0.2, -0.15) is 0 Å². The number of hydrogen-bond donors (Lipinski definition) is 0. The number of aryl methyl sites for hydroxylation is 2. The Kier molecular flexibility index (Phi) is 5.43. The van der Waals surface area contributed by atoms with Gasteiger partial charge in [-0.15, -0.1) is 0 Å². The van der Waals surface area contributed by atoms with E-state index in [0.717, 1.165) is 33.2 Å². The van der Waals surface area contributed by atoms with E-state index in [1.807, 2.05) is 37.2 Å². The molecule has 0 N–H and O–H groups in total. The van der Waals surface area contributed by atoms with E-state index in [9.17, 15) is 4.79 Å². The molecule has 0 saturated carbocycles. The second-order valence-corrected chi connectivity index (χ2v) is 8.62. The lowest BCUT2D eigenvalue weighted by Crippen LogP contribution is -2.37. The predicted molar refractivity (Wildman–Crippen MR) is 116 cm³/mol. The van der Waals surface area contributed by atoms with Crippen LogP contribution in [0.25, 0.3) is 10.2 Å². The normalized spacial score (nSPS) is 12.7. The third kappa shape index (κ3) is 4.21. The zero-order valence-electron chi connectivity index (χ0n) is 17.2. The number of aromatic nitrogens is 1. The highest BCUT2D eigenvalue weighted by Gasteiger charge is 2.22. The highest BCUT2D eigenvalue weighted by atomic mass is 32.1. The van der Waals surface area contributed by atoms with Gasteiger partial charge in [0.2, 0.25) is 12.7 Å². The predicted octanol–water partition coefficient (Wildman–Crippen LogP) is 3.78. The molecular formula is C22H25N3O3S. The highest BCUT2D eigenvalue weighted by Crippen LogP contribution is 2.34. The number of anilines is 1. The van der Waals surface area contributed by atoms with Crippen LogP contribution in [0.5, 0.6) is 11.5 Å². The van der Waals surface area contributed by atoms with Gasteiger partial charge in [0.25, 0.3) is 0 Å². The van der Waals surface area contributed by atoms with Crippen LogP contribution in [0.15, 0.2) is 30.3 Å². The zero-order valence-corrected chi connectivity index (χ0v) is 18.0. The number of ether oxygens (including phenoxy) is 2. The molecule has 0 fully saturated rings. The quantitative estimate of drug-likeness (QED) is 0.618. The molecule has 0 atom stereocenters. The van der Waals surface area contributed by atoms with Crippen LogP contribution in [0.4, 0.5) is 5.13 Å². The zero-order chi connectivity index (χ0) is 20.5. The fourth-order valence-electron chi connectivity index (χ4n) is 3.43. The van der Waals surface area contributed by atoms with Crippen molar-refractivity contribution in [2.75, 3.05) is 38.9 Å². The molecule has 0 spiro atoms. The van der Waals surface area contributed by atoms with E-state index in [-0.39, 0.29) is 19.1 Å². The van der Waals surface area contributed by atoms with E-state index in [1.54, 1.807) is 11.3 Å². The Balaban J connectivity index is 1.62. The molecule has 0 bridgehead atoms. The molecule has 4 rings (SSSR count). The van der Waals surface area contributed by atoms with Crippen molar-refractivity contribution in [3.05, 3.63) is 47.0 Å². The molecule has 0 saturated heterocycles. The van der Waals surface area contributed by atoms with Crippen molar-refractivity contribution in [2.45, 2.75) is 20.3 Å². The molecule has 1 aliphatic rings. The number of carbonyl (C=O) groups excluding carboxylic acids is 1. The number of rotatable bonds is 6. The van der Waals surface area contributed by atoms with Crippen LogP contribution in [-0.2, 0) is 11.2 Å². The minimum Gasteiger partial charge on any atom is -0.454 e. The lowest BCUT2D eigenvalue weighted by atomic mass is 10.1. The van der Waals surface area contributed by atoms with E-state index in [4.69, 9.17) is 14.5 Å². The van der Waals surface area contributed by atoms with Crippen LogP contribution < -0.4 is 14.4 Å². The number of fused-ring (bicyclic) bond motifs is 2. The number of nitrogens with zero attached hydrogens (tertiary/aromatic N) is 3. The molecule has 1 aromatic heterocycles. The fraction of sp³-hybridized carbons (Fsp3) is 0.364. The van der Waals surface area contributed by atoms with Gasteiger partial charge in [-0.1, -0.05) is 23.5 Å². The first-order valence-electron chi connectivity index (χ1n) is 9.62. The van der Waals surface area contributed by atoms with Crippen LogP contribution in [0.2, 0.25) is 0 Å². The van der Waals surface area contributed by atoms with Gasteiger partial charge in [-0.3, -0.25) is 9.69 Å². The number of benzene rings is 2. The monoisotopic (exact) mass is 411 g/mol. The number of carbonyl (C=O) groups is 1. The van der Waals surface area contributed by atoms with E-state index in [2.05, 4.69) is 30.9 Å². The molecule has 3 aromatic rings. The van der Waals surface area contributed by atoms with Gasteiger partial charge >= 0.3 is 0 Å². The summed E-state index contributed by atoms with van der Waals surface area (Å²) >= 11 is 1.58. The maximum atomic E-state index is 13.3. The molecular weight excluding hydrogens is 386 g/mol. The minimum atomic E-state index is 0.0270. The van der Waals surface area contributed by atoms with Gasteiger partial charge in [0.1, 0.15) is 0 Å². The Morgan fingerprint density at radius 2 is 1.90 bits per heavy atom. The van der Waals surface area contributed by atoms with E-state index in [1.165, 1.54) is 11.1 Å². The van der Waals surface area contributed by atoms with Crippen LogP contribution in [0.1, 0.15) is 16.7 Å². The van der Waals surface area contributed by atoms with Crippen molar-refractivity contribution in [1.82, 2.24) is 9.88 Å². The average molecular weight is 412 g/mol. The number of hydrogen-bond acceptors (Lipinski definition) is 6. The fourth-order valence-corrected chi connectivity index (χ4v) is 4.49. The molecule has 152 valence electrons. The summed E-state index contributed by atoms with van der Waals surface area (Å²) in [5.41, 5.74) is 4.23. The molecule has 2 aromatic carbocycles. The topological polar surface area (TPSA) is 54.9 Å². The summed E-state index contributed by atoms with van der Waals surface area (Å²) in [4.78, 5) is 21.9. The summed E-state index contributed by atoms with van der Waals surface area (Å²) in [6.45, 7) is 5.75. The lowest BCUT2D eigenvalue weighted by Gasteiger charge is -2.22. The highest BCUT2D eigenvalue weighted by molar-refractivity contribution is 7.22. The Bertz CT molecular complexity index is 1060. The van der Waals surface area contributed by atoms with E-state index in [0.29, 0.717) is 12.3 Å². The molecule has 0 unspecified atom stereocenters. The average Bonchev–Trinajstić information content (AvgIpc) is 3.28. The van der Waals surface area contributed by atoms with Crippen LogP contribution >= 0.6 is 11.3 Å². The summed E-state index contributed by atoms with van der Waals surface area (Å²) in [5.74, 6) is 1.45. The maximum absolute atomic E-state index is 13.3. The molecule has 7 heteroatoms. The summed E-state index contributed by atoms with van der Waals surface area (Å²) in [7, 11) is 4.01. The molecule has 6 nitrogen and oxygen atoms in total. The third-order valence-electron chi connectivity index (χ3n) is 4.90. The Hall–Kier alpha value is -2.64. The minimum absolute atomic E-state index is 0.0270. The van der Waals surface area contributed by atoms with Crippen molar-refractivity contribution in [3.8, 4) is 11.5 Å². The van der Waals surface area contributed by atoms with Crippen molar-refractivity contribution in [2.24, 2.45) is 0 Å². The second-order valence-electron chi connectivity index (χ2n) is 7.64. The first-order valence-corrected chi connectivity index (χ1v) is 10.4. The van der Waals surface area contributed by atoms with E-state index < -0.39 is 0 Å². The largest absolute Gasteiger partial charge is 0.454 e. The Morgan fingerprint density at radius 3 is 2.69 bits per heavy atom. The van der Waals surface area contributed by atoms with Gasteiger partial charge in [-0.25, -0.2) is 4.98 Å².